The van der Waals surface area contributed by atoms with Crippen molar-refractivity contribution in [3.8, 4) is 17.0 Å². The van der Waals surface area contributed by atoms with Crippen molar-refractivity contribution < 1.29 is 19.1 Å². The highest BCUT2D eigenvalue weighted by Crippen LogP contribution is 2.26. The van der Waals surface area contributed by atoms with Gasteiger partial charge in [0, 0.05) is 19.2 Å². The van der Waals surface area contributed by atoms with E-state index in [1.165, 1.54) is 5.56 Å². The monoisotopic (exact) mass is 477 g/mol. The summed E-state index contributed by atoms with van der Waals surface area (Å²) in [6.45, 7) is 12.3. The Hall–Kier alpha value is -3.61. The summed E-state index contributed by atoms with van der Waals surface area (Å²) in [5.41, 5.74) is 3.34. The summed E-state index contributed by atoms with van der Waals surface area (Å²) in [7, 11) is 1.76. The summed E-state index contributed by atoms with van der Waals surface area (Å²) in [4.78, 5) is 24.8. The van der Waals surface area contributed by atoms with Gasteiger partial charge in [-0.2, -0.15) is 5.10 Å². The topological polar surface area (TPSA) is 82.4 Å². The van der Waals surface area contributed by atoms with E-state index in [4.69, 9.17) is 9.47 Å². The third kappa shape index (κ3) is 6.50. The molecule has 0 spiro atoms. The van der Waals surface area contributed by atoms with Gasteiger partial charge in [-0.1, -0.05) is 57.2 Å². The predicted octanol–water partition coefficient (Wildman–Crippen LogP) is 5.04. The lowest BCUT2D eigenvalue weighted by Gasteiger charge is -2.24. The summed E-state index contributed by atoms with van der Waals surface area (Å²) in [6.07, 6.45) is 0. The molecule has 1 amide bonds. The van der Waals surface area contributed by atoms with Gasteiger partial charge in [0.1, 0.15) is 11.4 Å². The van der Waals surface area contributed by atoms with Crippen LogP contribution < -0.4 is 10.1 Å². The van der Waals surface area contributed by atoms with Gasteiger partial charge in [0.05, 0.1) is 12.3 Å². The number of carbonyl (C=O) groups is 2. The SMILES string of the molecule is CCOC(=O)C(C)(C)Oc1ccc(CNC(=O)c2cc(-c3ccc(C(C)(C)C)cc3)nn2C)cc1. The summed E-state index contributed by atoms with van der Waals surface area (Å²) < 4.78 is 12.4. The zero-order valence-corrected chi connectivity index (χ0v) is 21.6. The molecule has 1 heterocycles. The standard InChI is InChI=1S/C28H35N3O4/c1-8-34-26(33)28(5,6)35-22-15-9-19(10-16-22)18-29-25(32)24-17-23(30-31(24)7)20-11-13-21(14-12-20)27(2,3)4/h9-17H,8,18H2,1-7H3,(H,29,32). The van der Waals surface area contributed by atoms with Crippen molar-refractivity contribution in [1.82, 2.24) is 15.1 Å². The summed E-state index contributed by atoms with van der Waals surface area (Å²) >= 11 is 0. The molecule has 186 valence electrons. The van der Waals surface area contributed by atoms with E-state index in [9.17, 15) is 9.59 Å². The Labute approximate surface area is 207 Å². The third-order valence-corrected chi connectivity index (χ3v) is 5.68. The number of ether oxygens (including phenoxy) is 2. The Morgan fingerprint density at radius 1 is 0.971 bits per heavy atom. The molecule has 3 aromatic rings. The van der Waals surface area contributed by atoms with Crippen molar-refractivity contribution in [2.75, 3.05) is 6.61 Å². The lowest BCUT2D eigenvalue weighted by molar-refractivity contribution is -0.158. The van der Waals surface area contributed by atoms with Gasteiger partial charge in [-0.25, -0.2) is 4.79 Å². The minimum Gasteiger partial charge on any atom is -0.476 e. The molecule has 0 radical (unpaired) electrons. The number of aryl methyl sites for hydroxylation is 1. The first-order chi connectivity index (χ1) is 16.4. The average molecular weight is 478 g/mol. The number of esters is 1. The van der Waals surface area contributed by atoms with Crippen molar-refractivity contribution in [2.45, 2.75) is 59.1 Å². The maximum Gasteiger partial charge on any atom is 0.349 e. The minimum absolute atomic E-state index is 0.0785. The van der Waals surface area contributed by atoms with Gasteiger partial charge < -0.3 is 14.8 Å². The van der Waals surface area contributed by atoms with E-state index < -0.39 is 11.6 Å². The number of aromatic nitrogens is 2. The van der Waals surface area contributed by atoms with Crippen LogP contribution in [0.25, 0.3) is 11.3 Å². The average Bonchev–Trinajstić information content (AvgIpc) is 3.19. The molecule has 0 aliphatic rings. The maximum atomic E-state index is 12.8. The highest BCUT2D eigenvalue weighted by atomic mass is 16.6. The highest BCUT2D eigenvalue weighted by molar-refractivity contribution is 5.93. The normalized spacial score (nSPS) is 11.7. The lowest BCUT2D eigenvalue weighted by Crippen LogP contribution is -2.39. The number of carbonyl (C=O) groups excluding carboxylic acids is 2. The highest BCUT2D eigenvalue weighted by Gasteiger charge is 2.31. The first-order valence-corrected chi connectivity index (χ1v) is 11.8. The molecule has 7 nitrogen and oxygen atoms in total. The third-order valence-electron chi connectivity index (χ3n) is 5.68. The van der Waals surface area contributed by atoms with Gasteiger partial charge in [-0.3, -0.25) is 9.48 Å². The quantitative estimate of drug-likeness (QED) is 0.460. The van der Waals surface area contributed by atoms with Crippen molar-refractivity contribution in [2.24, 2.45) is 7.05 Å². The van der Waals surface area contributed by atoms with E-state index in [-0.39, 0.29) is 11.3 Å². The van der Waals surface area contributed by atoms with Crippen molar-refractivity contribution in [3.05, 3.63) is 71.4 Å². The molecule has 1 aromatic heterocycles. The van der Waals surface area contributed by atoms with E-state index >= 15 is 0 Å². The number of amides is 1. The molecule has 0 saturated carbocycles. The fourth-order valence-electron chi connectivity index (χ4n) is 3.55. The van der Waals surface area contributed by atoms with E-state index in [0.29, 0.717) is 24.6 Å². The van der Waals surface area contributed by atoms with Crippen LogP contribution in [0.1, 0.15) is 63.2 Å². The van der Waals surface area contributed by atoms with Crippen LogP contribution in [0.2, 0.25) is 0 Å². The van der Waals surface area contributed by atoms with E-state index in [1.807, 2.05) is 24.3 Å². The first kappa shape index (κ1) is 26.0. The van der Waals surface area contributed by atoms with Crippen molar-refractivity contribution >= 4 is 11.9 Å². The zero-order valence-electron chi connectivity index (χ0n) is 21.6. The van der Waals surface area contributed by atoms with Gasteiger partial charge >= 0.3 is 5.97 Å². The van der Waals surface area contributed by atoms with Crippen LogP contribution in [0.5, 0.6) is 5.75 Å². The molecule has 0 fully saturated rings. The first-order valence-electron chi connectivity index (χ1n) is 11.8. The Kier molecular flexibility index (Phi) is 7.68. The minimum atomic E-state index is -1.09. The summed E-state index contributed by atoms with van der Waals surface area (Å²) in [5.74, 6) is -0.0785. The van der Waals surface area contributed by atoms with Gasteiger partial charge in [0.15, 0.2) is 5.60 Å². The smallest absolute Gasteiger partial charge is 0.349 e. The molecule has 0 bridgehead atoms. The Balaban J connectivity index is 1.62. The van der Waals surface area contributed by atoms with Crippen LogP contribution in [-0.4, -0.2) is 33.9 Å². The Morgan fingerprint density at radius 2 is 1.60 bits per heavy atom. The second kappa shape index (κ2) is 10.3. The Bertz CT molecular complexity index is 1170. The second-order valence-corrected chi connectivity index (χ2v) is 10.0. The molecular weight excluding hydrogens is 442 g/mol. The van der Waals surface area contributed by atoms with Gasteiger partial charge in [-0.05, 0) is 55.5 Å². The lowest BCUT2D eigenvalue weighted by atomic mass is 9.86. The number of nitrogens with one attached hydrogen (secondary N) is 1. The summed E-state index contributed by atoms with van der Waals surface area (Å²) in [5, 5.41) is 7.46. The van der Waals surface area contributed by atoms with E-state index in [1.54, 1.807) is 50.7 Å². The van der Waals surface area contributed by atoms with Crippen molar-refractivity contribution in [3.63, 3.8) is 0 Å². The molecule has 1 N–H and O–H groups in total. The number of hydrogen-bond donors (Lipinski definition) is 1. The van der Waals surface area contributed by atoms with Crippen LogP contribution in [-0.2, 0) is 28.5 Å². The van der Waals surface area contributed by atoms with Crippen molar-refractivity contribution in [1.29, 1.82) is 0 Å². The van der Waals surface area contributed by atoms with E-state index in [2.05, 4.69) is 43.3 Å². The van der Waals surface area contributed by atoms with Crippen LogP contribution in [0.15, 0.2) is 54.6 Å². The molecule has 0 saturated heterocycles. The van der Waals surface area contributed by atoms with Crippen LogP contribution in [0.3, 0.4) is 0 Å². The maximum absolute atomic E-state index is 12.8. The molecule has 35 heavy (non-hydrogen) atoms. The van der Waals surface area contributed by atoms with E-state index in [0.717, 1.165) is 16.8 Å². The molecule has 0 aliphatic heterocycles. The number of nitrogens with zero attached hydrogens (tertiary/aromatic N) is 2. The Morgan fingerprint density at radius 3 is 2.17 bits per heavy atom. The molecule has 0 unspecified atom stereocenters. The van der Waals surface area contributed by atoms with Crippen LogP contribution >= 0.6 is 0 Å². The fraction of sp³-hybridized carbons (Fsp3) is 0.393. The largest absolute Gasteiger partial charge is 0.476 e. The van der Waals surface area contributed by atoms with Gasteiger partial charge in [0.25, 0.3) is 5.91 Å². The number of rotatable bonds is 8. The number of benzene rings is 2. The van der Waals surface area contributed by atoms with Gasteiger partial charge in [0.2, 0.25) is 0 Å². The van der Waals surface area contributed by atoms with Crippen LogP contribution in [0.4, 0.5) is 0 Å². The fourth-order valence-corrected chi connectivity index (χ4v) is 3.55. The molecule has 0 atom stereocenters. The second-order valence-electron chi connectivity index (χ2n) is 10.0. The predicted molar refractivity (Wildman–Crippen MR) is 136 cm³/mol. The van der Waals surface area contributed by atoms with Gasteiger partial charge in [-0.15, -0.1) is 0 Å². The zero-order chi connectivity index (χ0) is 25.8. The molecule has 3 rings (SSSR count). The summed E-state index contributed by atoms with van der Waals surface area (Å²) in [6, 6.07) is 17.3. The molecular formula is C28H35N3O4. The van der Waals surface area contributed by atoms with Crippen LogP contribution in [0, 0.1) is 0 Å². The number of hydrogen-bond acceptors (Lipinski definition) is 5. The molecule has 2 aromatic carbocycles. The molecule has 7 heteroatoms. The molecule has 0 aliphatic carbocycles.